The van der Waals surface area contributed by atoms with Crippen molar-refractivity contribution < 1.29 is 9.53 Å². The Balaban J connectivity index is 0.00000243. The zero-order valence-corrected chi connectivity index (χ0v) is 19.2. The van der Waals surface area contributed by atoms with Gasteiger partial charge in [-0.05, 0) is 38.9 Å². The maximum absolute atomic E-state index is 11.7. The van der Waals surface area contributed by atoms with Crippen LogP contribution in [0.4, 0.5) is 0 Å². The number of hydrogen-bond acceptors (Lipinski definition) is 4. The summed E-state index contributed by atoms with van der Waals surface area (Å²) in [6, 6.07) is 0. The maximum Gasteiger partial charge on any atom is 0.220 e. The third-order valence-electron chi connectivity index (χ3n) is 5.85. The lowest BCUT2D eigenvalue weighted by atomic mass is 9.79. The van der Waals surface area contributed by atoms with Gasteiger partial charge in [-0.1, -0.05) is 0 Å². The zero-order chi connectivity index (χ0) is 17.8. The van der Waals surface area contributed by atoms with Crippen LogP contribution >= 0.6 is 35.7 Å². The zero-order valence-electron chi connectivity index (χ0n) is 16.0. The van der Waals surface area contributed by atoms with Crippen LogP contribution in [0.15, 0.2) is 4.99 Å². The molecule has 3 aliphatic rings. The van der Waals surface area contributed by atoms with Gasteiger partial charge in [0, 0.05) is 56.0 Å². The molecule has 3 aliphatic heterocycles. The van der Waals surface area contributed by atoms with E-state index in [1.807, 2.05) is 11.8 Å². The molecule has 1 atom stereocenters. The largest absolute Gasteiger partial charge is 0.381 e. The fourth-order valence-electron chi connectivity index (χ4n) is 4.24. The summed E-state index contributed by atoms with van der Waals surface area (Å²) in [6.45, 7) is 8.27. The van der Waals surface area contributed by atoms with Gasteiger partial charge in [-0.3, -0.25) is 9.79 Å². The number of likely N-dealkylation sites (tertiary alicyclic amines) is 1. The molecule has 1 spiro atoms. The van der Waals surface area contributed by atoms with Crippen molar-refractivity contribution in [1.29, 1.82) is 0 Å². The number of hydrogen-bond donors (Lipinski definition) is 2. The molecule has 3 heterocycles. The molecule has 0 aromatic carbocycles. The van der Waals surface area contributed by atoms with Gasteiger partial charge < -0.3 is 20.3 Å². The molecule has 0 saturated carbocycles. The smallest absolute Gasteiger partial charge is 0.220 e. The lowest BCUT2D eigenvalue weighted by molar-refractivity contribution is -0.119. The fourth-order valence-corrected chi connectivity index (χ4v) is 5.01. The summed E-state index contributed by atoms with van der Waals surface area (Å²) >= 11 is 1.93. The van der Waals surface area contributed by atoms with Crippen molar-refractivity contribution in [2.45, 2.75) is 43.8 Å². The SMILES string of the molecule is CCNC(=NCC1(SC)CCOCC1)N1CCCC2(CNC(=O)C2)C1.I. The van der Waals surface area contributed by atoms with Gasteiger partial charge in [0.05, 0.1) is 6.54 Å². The van der Waals surface area contributed by atoms with E-state index in [-0.39, 0.29) is 40.0 Å². The minimum atomic E-state index is 0. The third-order valence-corrected chi connectivity index (χ3v) is 7.25. The standard InChI is InChI=1S/C18H32N4O2S.HI/c1-3-19-16(21-13-18(25-2)6-9-24-10-7-18)22-8-4-5-17(14-22)11-15(23)20-12-17;/h3-14H2,1-2H3,(H,19,21)(H,20,23);1H. The Bertz CT molecular complexity index is 513. The number of nitrogens with one attached hydrogen (secondary N) is 2. The van der Waals surface area contributed by atoms with Crippen LogP contribution in [-0.4, -0.2) is 73.7 Å². The topological polar surface area (TPSA) is 66.0 Å². The first-order valence-corrected chi connectivity index (χ1v) is 10.8. The molecule has 0 bridgehead atoms. The van der Waals surface area contributed by atoms with Gasteiger partial charge in [-0.15, -0.1) is 24.0 Å². The molecule has 0 aromatic heterocycles. The van der Waals surface area contributed by atoms with E-state index < -0.39 is 0 Å². The highest BCUT2D eigenvalue weighted by Gasteiger charge is 2.42. The molecule has 150 valence electrons. The Morgan fingerprint density at radius 1 is 1.38 bits per heavy atom. The van der Waals surface area contributed by atoms with Crippen molar-refractivity contribution in [3.8, 4) is 0 Å². The highest BCUT2D eigenvalue weighted by Crippen LogP contribution is 2.37. The first-order chi connectivity index (χ1) is 12.1. The van der Waals surface area contributed by atoms with Crippen molar-refractivity contribution in [1.82, 2.24) is 15.5 Å². The highest BCUT2D eigenvalue weighted by molar-refractivity contribution is 14.0. The predicted octanol–water partition coefficient (Wildman–Crippen LogP) is 2.08. The highest BCUT2D eigenvalue weighted by atomic mass is 127. The minimum absolute atomic E-state index is 0. The van der Waals surface area contributed by atoms with Gasteiger partial charge in [0.25, 0.3) is 0 Å². The van der Waals surface area contributed by atoms with E-state index in [1.165, 1.54) is 0 Å². The van der Waals surface area contributed by atoms with E-state index in [4.69, 9.17) is 9.73 Å². The van der Waals surface area contributed by atoms with E-state index in [0.29, 0.717) is 6.42 Å². The Morgan fingerprint density at radius 3 is 2.77 bits per heavy atom. The Morgan fingerprint density at radius 2 is 2.15 bits per heavy atom. The third kappa shape index (κ3) is 5.19. The van der Waals surface area contributed by atoms with E-state index >= 15 is 0 Å². The van der Waals surface area contributed by atoms with Crippen LogP contribution < -0.4 is 10.6 Å². The minimum Gasteiger partial charge on any atom is -0.381 e. The molecule has 3 rings (SSSR count). The van der Waals surface area contributed by atoms with Gasteiger partial charge in [0.1, 0.15) is 0 Å². The van der Waals surface area contributed by atoms with E-state index in [1.54, 1.807) is 0 Å². The number of rotatable bonds is 4. The van der Waals surface area contributed by atoms with Gasteiger partial charge in [0.2, 0.25) is 5.91 Å². The number of nitrogens with zero attached hydrogens (tertiary/aromatic N) is 2. The molecule has 0 aromatic rings. The molecule has 0 radical (unpaired) electrons. The average Bonchev–Trinajstić information content (AvgIpc) is 2.99. The quantitative estimate of drug-likeness (QED) is 0.355. The Hall–Kier alpha value is -0.220. The first kappa shape index (κ1) is 22.1. The molecule has 1 unspecified atom stereocenters. The first-order valence-electron chi connectivity index (χ1n) is 9.53. The van der Waals surface area contributed by atoms with Crippen molar-refractivity contribution >= 4 is 47.6 Å². The molecule has 2 N–H and O–H groups in total. The van der Waals surface area contributed by atoms with Gasteiger partial charge in [-0.25, -0.2) is 0 Å². The Labute approximate surface area is 178 Å². The summed E-state index contributed by atoms with van der Waals surface area (Å²) in [5.41, 5.74) is 0.0986. The molecule has 1 amide bonds. The second kappa shape index (κ2) is 9.82. The summed E-state index contributed by atoms with van der Waals surface area (Å²) in [6.07, 6.45) is 7.25. The Kier molecular flexibility index (Phi) is 8.33. The van der Waals surface area contributed by atoms with Crippen molar-refractivity contribution in [2.24, 2.45) is 10.4 Å². The molecule has 26 heavy (non-hydrogen) atoms. The molecular weight excluding hydrogens is 463 g/mol. The summed E-state index contributed by atoms with van der Waals surface area (Å²) in [5.74, 6) is 1.22. The molecule has 3 fully saturated rings. The van der Waals surface area contributed by atoms with Crippen LogP contribution in [0.3, 0.4) is 0 Å². The number of carbonyl (C=O) groups is 1. The number of ether oxygens (including phenoxy) is 1. The van der Waals surface area contributed by atoms with Crippen molar-refractivity contribution in [3.05, 3.63) is 0 Å². The number of carbonyl (C=O) groups excluding carboxylic acids is 1. The van der Waals surface area contributed by atoms with Gasteiger partial charge in [0.15, 0.2) is 5.96 Å². The molecule has 6 nitrogen and oxygen atoms in total. The summed E-state index contributed by atoms with van der Waals surface area (Å²) in [5, 5.41) is 6.51. The number of piperidine rings is 1. The monoisotopic (exact) mass is 496 g/mol. The van der Waals surface area contributed by atoms with Crippen LogP contribution in [0.25, 0.3) is 0 Å². The molecular formula is C18H33IN4O2S. The van der Waals surface area contributed by atoms with Crippen LogP contribution in [-0.2, 0) is 9.53 Å². The second-order valence-electron chi connectivity index (χ2n) is 7.65. The molecule has 3 saturated heterocycles. The average molecular weight is 496 g/mol. The molecule has 8 heteroatoms. The van der Waals surface area contributed by atoms with Crippen molar-refractivity contribution in [2.75, 3.05) is 52.2 Å². The normalized spacial score (nSPS) is 28.6. The van der Waals surface area contributed by atoms with Crippen LogP contribution in [0, 0.1) is 5.41 Å². The number of aliphatic imine (C=N–C) groups is 1. The number of thioether (sulfide) groups is 1. The predicted molar refractivity (Wildman–Crippen MR) is 119 cm³/mol. The second-order valence-corrected chi connectivity index (χ2v) is 8.92. The van der Waals surface area contributed by atoms with Crippen molar-refractivity contribution in [3.63, 3.8) is 0 Å². The van der Waals surface area contributed by atoms with Crippen LogP contribution in [0.5, 0.6) is 0 Å². The van der Waals surface area contributed by atoms with E-state index in [9.17, 15) is 4.79 Å². The summed E-state index contributed by atoms with van der Waals surface area (Å²) in [7, 11) is 0. The molecule has 0 aliphatic carbocycles. The number of guanidine groups is 1. The summed E-state index contributed by atoms with van der Waals surface area (Å²) in [4.78, 5) is 19.1. The summed E-state index contributed by atoms with van der Waals surface area (Å²) < 4.78 is 5.75. The fraction of sp³-hybridized carbons (Fsp3) is 0.889. The van der Waals surface area contributed by atoms with Crippen LogP contribution in [0.1, 0.15) is 39.0 Å². The number of amides is 1. The lowest BCUT2D eigenvalue weighted by Gasteiger charge is -2.41. The number of halogens is 1. The van der Waals surface area contributed by atoms with Crippen LogP contribution in [0.2, 0.25) is 0 Å². The van der Waals surface area contributed by atoms with Gasteiger partial charge in [-0.2, -0.15) is 11.8 Å². The maximum atomic E-state index is 11.7. The van der Waals surface area contributed by atoms with E-state index in [2.05, 4.69) is 28.7 Å². The lowest BCUT2D eigenvalue weighted by Crippen LogP contribution is -2.51. The van der Waals surface area contributed by atoms with E-state index in [0.717, 1.165) is 77.6 Å². The van der Waals surface area contributed by atoms with Gasteiger partial charge >= 0.3 is 0 Å².